The summed E-state index contributed by atoms with van der Waals surface area (Å²) in [4.78, 5) is 30.2. The van der Waals surface area contributed by atoms with Crippen molar-refractivity contribution >= 4 is 40.6 Å². The predicted octanol–water partition coefficient (Wildman–Crippen LogP) is 4.33. The molecule has 1 saturated heterocycles. The molecule has 1 fully saturated rings. The van der Waals surface area contributed by atoms with Crippen molar-refractivity contribution in [2.75, 3.05) is 23.9 Å². The summed E-state index contributed by atoms with van der Waals surface area (Å²) < 4.78 is 6.85. The molecule has 1 amide bonds. The number of benzene rings is 2. The smallest absolute Gasteiger partial charge is 0.335 e. The van der Waals surface area contributed by atoms with E-state index in [1.165, 1.54) is 7.11 Å². The van der Waals surface area contributed by atoms with Gasteiger partial charge in [-0.2, -0.15) is 0 Å². The van der Waals surface area contributed by atoms with Gasteiger partial charge in [-0.1, -0.05) is 12.1 Å². The monoisotopic (exact) mass is 527 g/mol. The Balaban J connectivity index is 1.57. The first kappa shape index (κ1) is 25.1. The van der Waals surface area contributed by atoms with Gasteiger partial charge in [-0.25, -0.2) is 4.79 Å². The lowest BCUT2D eigenvalue weighted by Crippen LogP contribution is -2.30. The lowest BCUT2D eigenvalue weighted by Gasteiger charge is -2.29. The number of aromatic carboxylic acids is 1. The van der Waals surface area contributed by atoms with Crippen molar-refractivity contribution in [3.63, 3.8) is 0 Å². The lowest BCUT2D eigenvalue weighted by molar-refractivity contribution is -0.119. The molecule has 2 atom stereocenters. The maximum atomic E-state index is 11.9. The number of pyridine rings is 1. The topological polar surface area (TPSA) is 109 Å². The van der Waals surface area contributed by atoms with Crippen LogP contribution in [0.2, 0.25) is 0 Å². The second-order valence-electron chi connectivity index (χ2n) is 8.68. The van der Waals surface area contributed by atoms with Gasteiger partial charge < -0.3 is 29.9 Å². The number of methoxy groups -OCH3 is 1. The zero-order chi connectivity index (χ0) is 26.6. The first-order valence-corrected chi connectivity index (χ1v) is 12.3. The average molecular weight is 528 g/mol. The minimum absolute atomic E-state index is 0.0320. The van der Waals surface area contributed by atoms with Crippen molar-refractivity contribution in [3.05, 3.63) is 108 Å². The van der Waals surface area contributed by atoms with Crippen molar-refractivity contribution in [3.8, 4) is 5.69 Å². The van der Waals surface area contributed by atoms with E-state index >= 15 is 0 Å². The molecule has 5 rings (SSSR count). The lowest BCUT2D eigenvalue weighted by atomic mass is 10.0. The van der Waals surface area contributed by atoms with Crippen LogP contribution in [0.4, 0.5) is 11.4 Å². The third kappa shape index (κ3) is 4.99. The van der Waals surface area contributed by atoms with E-state index in [0.29, 0.717) is 10.8 Å². The molecule has 192 valence electrons. The highest BCUT2D eigenvalue weighted by Gasteiger charge is 2.42. The summed E-state index contributed by atoms with van der Waals surface area (Å²) in [5, 5.41) is 16.3. The van der Waals surface area contributed by atoms with E-state index in [2.05, 4.69) is 15.6 Å². The SMILES string of the molecule is COCC(=O)Nc1ccc(N2C(=S)N[C@H](c3ccccn3)[C@H]2c2cccn2-c2cccc(C(=O)O)c2)cc1. The second-order valence-corrected chi connectivity index (χ2v) is 9.07. The van der Waals surface area contributed by atoms with Gasteiger partial charge in [-0.15, -0.1) is 0 Å². The molecule has 0 radical (unpaired) electrons. The van der Waals surface area contributed by atoms with E-state index in [-0.39, 0.29) is 30.2 Å². The summed E-state index contributed by atoms with van der Waals surface area (Å²) in [5.74, 6) is -1.23. The van der Waals surface area contributed by atoms with Crippen LogP contribution in [0.5, 0.6) is 0 Å². The highest BCUT2D eigenvalue weighted by Crippen LogP contribution is 2.42. The Kier molecular flexibility index (Phi) is 7.16. The summed E-state index contributed by atoms with van der Waals surface area (Å²) in [6, 6.07) is 23.3. The van der Waals surface area contributed by atoms with Crippen LogP contribution in [0.15, 0.2) is 91.3 Å². The summed E-state index contributed by atoms with van der Waals surface area (Å²) in [5.41, 5.74) is 4.10. The van der Waals surface area contributed by atoms with Crippen LogP contribution in [0.3, 0.4) is 0 Å². The Labute approximate surface area is 224 Å². The number of nitrogens with zero attached hydrogens (tertiary/aromatic N) is 3. The van der Waals surface area contributed by atoms with Gasteiger partial charge in [-0.05, 0) is 78.9 Å². The van der Waals surface area contributed by atoms with E-state index in [0.717, 1.165) is 22.8 Å². The molecule has 0 spiro atoms. The first-order valence-electron chi connectivity index (χ1n) is 11.9. The van der Waals surface area contributed by atoms with Crippen LogP contribution in [-0.2, 0) is 9.53 Å². The van der Waals surface area contributed by atoms with Crippen molar-refractivity contribution in [2.45, 2.75) is 12.1 Å². The maximum Gasteiger partial charge on any atom is 0.335 e. The van der Waals surface area contributed by atoms with Gasteiger partial charge in [-0.3, -0.25) is 9.78 Å². The normalized spacial score (nSPS) is 16.8. The Bertz CT molecular complexity index is 1470. The van der Waals surface area contributed by atoms with E-state index in [1.807, 2.05) is 76.3 Å². The van der Waals surface area contributed by atoms with Gasteiger partial charge in [0.25, 0.3) is 0 Å². The number of nitrogens with one attached hydrogen (secondary N) is 2. The molecule has 1 aliphatic rings. The molecule has 0 unspecified atom stereocenters. The minimum Gasteiger partial charge on any atom is -0.478 e. The first-order chi connectivity index (χ1) is 18.5. The standard InChI is InChI=1S/C28H25N5O4S/c1-37-17-24(34)30-19-10-12-20(13-11-19)33-26(25(31-28(33)38)22-8-2-3-14-29-22)23-9-5-15-32(23)21-7-4-6-18(16-21)27(35)36/h2-16,25-26H,17H2,1H3,(H,30,34)(H,31,38)(H,35,36)/t25-,26-/m1/s1. The van der Waals surface area contributed by atoms with E-state index in [4.69, 9.17) is 17.0 Å². The zero-order valence-corrected chi connectivity index (χ0v) is 21.3. The number of carbonyl (C=O) groups excluding carboxylic acids is 1. The number of thiocarbonyl (C=S) groups is 1. The van der Waals surface area contributed by atoms with E-state index in [1.54, 1.807) is 24.4 Å². The molecule has 3 N–H and O–H groups in total. The molecule has 10 heteroatoms. The number of aromatic nitrogens is 2. The van der Waals surface area contributed by atoms with Gasteiger partial charge in [0.1, 0.15) is 12.6 Å². The average Bonchev–Trinajstić information content (AvgIpc) is 3.54. The highest BCUT2D eigenvalue weighted by molar-refractivity contribution is 7.80. The van der Waals surface area contributed by atoms with Gasteiger partial charge in [0, 0.05) is 42.3 Å². The van der Waals surface area contributed by atoms with Crippen LogP contribution in [0, 0.1) is 0 Å². The third-order valence-corrected chi connectivity index (χ3v) is 6.57. The van der Waals surface area contributed by atoms with Crippen molar-refractivity contribution in [1.82, 2.24) is 14.9 Å². The van der Waals surface area contributed by atoms with E-state index < -0.39 is 5.97 Å². The zero-order valence-electron chi connectivity index (χ0n) is 20.4. The summed E-state index contributed by atoms with van der Waals surface area (Å²) in [6.45, 7) is -0.0320. The molecular formula is C28H25N5O4S. The molecule has 0 saturated carbocycles. The number of rotatable bonds is 8. The Hall–Kier alpha value is -4.54. The fourth-order valence-corrected chi connectivity index (χ4v) is 4.97. The molecule has 4 aromatic rings. The van der Waals surface area contributed by atoms with Gasteiger partial charge in [0.15, 0.2) is 5.11 Å². The molecule has 38 heavy (non-hydrogen) atoms. The predicted molar refractivity (Wildman–Crippen MR) is 148 cm³/mol. The Morgan fingerprint density at radius 2 is 1.87 bits per heavy atom. The number of ether oxygens (including phenoxy) is 1. The van der Waals surface area contributed by atoms with Crippen LogP contribution in [0.1, 0.15) is 33.8 Å². The third-order valence-electron chi connectivity index (χ3n) is 6.26. The molecule has 0 bridgehead atoms. The van der Waals surface area contributed by atoms with Crippen molar-refractivity contribution in [1.29, 1.82) is 0 Å². The fourth-order valence-electron chi connectivity index (χ4n) is 4.63. The summed E-state index contributed by atoms with van der Waals surface area (Å²) >= 11 is 5.82. The summed E-state index contributed by atoms with van der Waals surface area (Å²) in [6.07, 6.45) is 3.65. The second kappa shape index (κ2) is 10.8. The number of hydrogen-bond donors (Lipinski definition) is 3. The van der Waals surface area contributed by atoms with Crippen LogP contribution in [0.25, 0.3) is 5.69 Å². The number of amides is 1. The van der Waals surface area contributed by atoms with Crippen molar-refractivity contribution < 1.29 is 19.4 Å². The largest absolute Gasteiger partial charge is 0.478 e. The quantitative estimate of drug-likeness (QED) is 0.291. The van der Waals surface area contributed by atoms with Gasteiger partial charge in [0.2, 0.25) is 5.91 Å². The number of hydrogen-bond acceptors (Lipinski definition) is 5. The van der Waals surface area contributed by atoms with Gasteiger partial charge >= 0.3 is 5.97 Å². The minimum atomic E-state index is -0.991. The molecule has 3 heterocycles. The molecule has 2 aromatic carbocycles. The maximum absolute atomic E-state index is 11.9. The van der Waals surface area contributed by atoms with Gasteiger partial charge in [0.05, 0.1) is 17.3 Å². The Morgan fingerprint density at radius 1 is 1.05 bits per heavy atom. The molecular weight excluding hydrogens is 502 g/mol. The molecule has 9 nitrogen and oxygen atoms in total. The number of carbonyl (C=O) groups is 2. The van der Waals surface area contributed by atoms with Crippen LogP contribution < -0.4 is 15.5 Å². The fraction of sp³-hybridized carbons (Fsp3) is 0.143. The number of carboxylic acid groups (broad SMARTS) is 1. The van der Waals surface area contributed by atoms with Crippen LogP contribution >= 0.6 is 12.2 Å². The molecule has 2 aromatic heterocycles. The van der Waals surface area contributed by atoms with Crippen LogP contribution in [-0.4, -0.2) is 45.4 Å². The number of anilines is 2. The molecule has 0 aliphatic carbocycles. The van der Waals surface area contributed by atoms with E-state index in [9.17, 15) is 14.7 Å². The van der Waals surface area contributed by atoms with Crippen molar-refractivity contribution in [2.24, 2.45) is 0 Å². The molecule has 1 aliphatic heterocycles. The Morgan fingerprint density at radius 3 is 2.58 bits per heavy atom. The highest BCUT2D eigenvalue weighted by atomic mass is 32.1. The number of carboxylic acids is 1. The summed E-state index contributed by atoms with van der Waals surface area (Å²) in [7, 11) is 1.47.